The Labute approximate surface area is 105 Å². The fourth-order valence-electron chi connectivity index (χ4n) is 1.64. The quantitative estimate of drug-likeness (QED) is 0.847. The number of nitrogens with zero attached hydrogens (tertiary/aromatic N) is 4. The van der Waals surface area contributed by atoms with Gasteiger partial charge in [-0.25, -0.2) is 9.07 Å². The third kappa shape index (κ3) is 2.18. The number of rotatable bonds is 3. The molecule has 1 unspecified atom stereocenters. The van der Waals surface area contributed by atoms with Gasteiger partial charge in [-0.3, -0.25) is 0 Å². The van der Waals surface area contributed by atoms with Crippen molar-refractivity contribution in [2.24, 2.45) is 5.92 Å². The Balaban J connectivity index is 2.52. The number of nitrogens with two attached hydrogens (primary N) is 1. The van der Waals surface area contributed by atoms with Crippen LogP contribution in [0.2, 0.25) is 0 Å². The Morgan fingerprint density at radius 2 is 2.00 bits per heavy atom. The fourth-order valence-corrected chi connectivity index (χ4v) is 1.64. The highest BCUT2D eigenvalue weighted by Crippen LogP contribution is 2.26. The number of anilines is 1. The number of nitrogen functional groups attached to an aromatic ring is 1. The van der Waals surface area contributed by atoms with E-state index in [0.29, 0.717) is 23.0 Å². The van der Waals surface area contributed by atoms with Gasteiger partial charge in [-0.2, -0.15) is 0 Å². The number of hydrogen-bond acceptors (Lipinski definition) is 4. The zero-order valence-corrected chi connectivity index (χ0v) is 10.6. The Bertz CT molecular complexity index is 549. The third-order valence-corrected chi connectivity index (χ3v) is 3.07. The molecule has 6 heteroatoms. The minimum atomic E-state index is -0.379. The maximum atomic E-state index is 13.8. The molecule has 0 aliphatic carbocycles. The molecule has 1 aromatic heterocycles. The summed E-state index contributed by atoms with van der Waals surface area (Å²) in [6.07, 6.45) is 0. The lowest BCUT2D eigenvalue weighted by Crippen LogP contribution is -2.15. The maximum Gasteiger partial charge on any atom is 0.185 e. The average molecular weight is 249 g/mol. The summed E-state index contributed by atoms with van der Waals surface area (Å²) in [5.41, 5.74) is 6.49. The lowest BCUT2D eigenvalue weighted by molar-refractivity contribution is 0.371. The van der Waals surface area contributed by atoms with E-state index in [1.54, 1.807) is 10.7 Å². The molecule has 18 heavy (non-hydrogen) atoms. The van der Waals surface area contributed by atoms with Gasteiger partial charge in [0.15, 0.2) is 5.82 Å². The molecule has 2 aromatic rings. The van der Waals surface area contributed by atoms with Crippen LogP contribution in [0.15, 0.2) is 18.2 Å². The summed E-state index contributed by atoms with van der Waals surface area (Å²) in [6.45, 7) is 6.12. The topological polar surface area (TPSA) is 69.6 Å². The van der Waals surface area contributed by atoms with E-state index in [-0.39, 0.29) is 11.9 Å². The first-order valence-corrected chi connectivity index (χ1v) is 5.84. The monoisotopic (exact) mass is 249 g/mol. The molecule has 0 radical (unpaired) electrons. The zero-order chi connectivity index (χ0) is 13.3. The van der Waals surface area contributed by atoms with Crippen molar-refractivity contribution in [2.75, 3.05) is 5.73 Å². The van der Waals surface area contributed by atoms with Crippen molar-refractivity contribution in [1.29, 1.82) is 0 Å². The van der Waals surface area contributed by atoms with Crippen LogP contribution in [0.25, 0.3) is 11.4 Å². The van der Waals surface area contributed by atoms with Crippen LogP contribution < -0.4 is 5.73 Å². The number of hydrogen-bond donors (Lipinski definition) is 1. The Hall–Kier alpha value is -1.98. The molecule has 1 atom stereocenters. The molecule has 0 fully saturated rings. The van der Waals surface area contributed by atoms with Gasteiger partial charge in [0.1, 0.15) is 5.82 Å². The summed E-state index contributed by atoms with van der Waals surface area (Å²) in [7, 11) is 0. The molecular formula is C12H16FN5. The van der Waals surface area contributed by atoms with Crippen molar-refractivity contribution >= 4 is 5.69 Å². The molecule has 1 heterocycles. The Morgan fingerprint density at radius 3 is 2.67 bits per heavy atom. The summed E-state index contributed by atoms with van der Waals surface area (Å²) in [4.78, 5) is 0. The van der Waals surface area contributed by atoms with E-state index in [0.717, 1.165) is 0 Å². The van der Waals surface area contributed by atoms with Crippen LogP contribution in [0.4, 0.5) is 10.1 Å². The van der Waals surface area contributed by atoms with Gasteiger partial charge < -0.3 is 5.73 Å². The Kier molecular flexibility index (Phi) is 3.27. The first kappa shape index (κ1) is 12.5. The second kappa shape index (κ2) is 4.72. The number of benzene rings is 1. The van der Waals surface area contributed by atoms with E-state index in [4.69, 9.17) is 5.73 Å². The number of halogens is 1. The van der Waals surface area contributed by atoms with Gasteiger partial charge in [-0.15, -0.1) is 5.10 Å². The van der Waals surface area contributed by atoms with Crippen LogP contribution in [-0.4, -0.2) is 20.2 Å². The molecule has 1 aromatic carbocycles. The van der Waals surface area contributed by atoms with Crippen molar-refractivity contribution in [1.82, 2.24) is 20.2 Å². The molecular weight excluding hydrogens is 233 g/mol. The maximum absolute atomic E-state index is 13.8. The molecule has 96 valence electrons. The zero-order valence-electron chi connectivity index (χ0n) is 10.6. The minimum Gasteiger partial charge on any atom is -0.399 e. The van der Waals surface area contributed by atoms with Gasteiger partial charge in [0.2, 0.25) is 0 Å². The van der Waals surface area contributed by atoms with E-state index in [1.807, 2.05) is 6.92 Å². The number of aromatic nitrogens is 4. The molecule has 0 aliphatic heterocycles. The smallest absolute Gasteiger partial charge is 0.185 e. The summed E-state index contributed by atoms with van der Waals surface area (Å²) in [5.74, 6) is 0.369. The van der Waals surface area contributed by atoms with E-state index < -0.39 is 0 Å². The molecule has 0 saturated carbocycles. The SMILES string of the molecule is CC(C)C(C)n1nnnc1-c1cc(N)ccc1F. The summed E-state index contributed by atoms with van der Waals surface area (Å²) >= 11 is 0. The van der Waals surface area contributed by atoms with Crippen molar-refractivity contribution in [3.63, 3.8) is 0 Å². The van der Waals surface area contributed by atoms with Crippen molar-refractivity contribution in [3.05, 3.63) is 24.0 Å². The molecule has 0 saturated heterocycles. The molecule has 0 aliphatic rings. The summed E-state index contributed by atoms with van der Waals surface area (Å²) in [6, 6.07) is 4.46. The van der Waals surface area contributed by atoms with Crippen molar-refractivity contribution in [3.8, 4) is 11.4 Å². The minimum absolute atomic E-state index is 0.0795. The highest BCUT2D eigenvalue weighted by atomic mass is 19.1. The van der Waals surface area contributed by atoms with Crippen LogP contribution >= 0.6 is 0 Å². The highest BCUT2D eigenvalue weighted by Gasteiger charge is 2.19. The normalized spacial score (nSPS) is 12.9. The molecule has 0 bridgehead atoms. The van der Waals surface area contributed by atoms with Gasteiger partial charge >= 0.3 is 0 Å². The van der Waals surface area contributed by atoms with Crippen LogP contribution in [0, 0.1) is 11.7 Å². The lowest BCUT2D eigenvalue weighted by atomic mass is 10.1. The third-order valence-electron chi connectivity index (χ3n) is 3.07. The van der Waals surface area contributed by atoms with Gasteiger partial charge in [-0.1, -0.05) is 13.8 Å². The van der Waals surface area contributed by atoms with E-state index >= 15 is 0 Å². The molecule has 0 amide bonds. The summed E-state index contributed by atoms with van der Waals surface area (Å²) in [5, 5.41) is 11.5. The predicted octanol–water partition coefficient (Wildman–Crippen LogP) is 2.28. The molecule has 2 N–H and O–H groups in total. The first-order chi connectivity index (χ1) is 8.50. The van der Waals surface area contributed by atoms with Crippen molar-refractivity contribution in [2.45, 2.75) is 26.8 Å². The van der Waals surface area contributed by atoms with Gasteiger partial charge in [0, 0.05) is 5.69 Å². The van der Waals surface area contributed by atoms with E-state index in [9.17, 15) is 4.39 Å². The highest BCUT2D eigenvalue weighted by molar-refractivity contribution is 5.61. The molecule has 2 rings (SSSR count). The standard InChI is InChI=1S/C12H16FN5/c1-7(2)8(3)18-12(15-16-17-18)10-6-9(14)4-5-11(10)13/h4-8H,14H2,1-3H3. The van der Waals surface area contributed by atoms with Gasteiger partial charge in [-0.05, 0) is 41.5 Å². The molecule has 0 spiro atoms. The van der Waals surface area contributed by atoms with Crippen LogP contribution in [0.5, 0.6) is 0 Å². The first-order valence-electron chi connectivity index (χ1n) is 5.84. The van der Waals surface area contributed by atoms with Crippen LogP contribution in [0.1, 0.15) is 26.8 Å². The Morgan fingerprint density at radius 1 is 1.28 bits per heavy atom. The van der Waals surface area contributed by atoms with Crippen molar-refractivity contribution < 1.29 is 4.39 Å². The predicted molar refractivity (Wildman–Crippen MR) is 67.2 cm³/mol. The fraction of sp³-hybridized carbons (Fsp3) is 0.417. The van der Waals surface area contributed by atoms with Gasteiger partial charge in [0.25, 0.3) is 0 Å². The lowest BCUT2D eigenvalue weighted by Gasteiger charge is -2.17. The second-order valence-electron chi connectivity index (χ2n) is 4.67. The van der Waals surface area contributed by atoms with Gasteiger partial charge in [0.05, 0.1) is 11.6 Å². The van der Waals surface area contributed by atoms with E-state index in [2.05, 4.69) is 29.4 Å². The van der Waals surface area contributed by atoms with E-state index in [1.165, 1.54) is 12.1 Å². The largest absolute Gasteiger partial charge is 0.399 e. The molecule has 5 nitrogen and oxygen atoms in total. The van der Waals surface area contributed by atoms with Crippen LogP contribution in [-0.2, 0) is 0 Å². The number of tetrazole rings is 1. The summed E-state index contributed by atoms with van der Waals surface area (Å²) < 4.78 is 15.4. The second-order valence-corrected chi connectivity index (χ2v) is 4.67. The van der Waals surface area contributed by atoms with Crippen LogP contribution in [0.3, 0.4) is 0 Å². The average Bonchev–Trinajstić information content (AvgIpc) is 2.80.